The van der Waals surface area contributed by atoms with Gasteiger partial charge < -0.3 is 5.73 Å². The minimum absolute atomic E-state index is 0.269. The van der Waals surface area contributed by atoms with Crippen LogP contribution in [0.3, 0.4) is 0 Å². The molecule has 1 heterocycles. The standard InChI is InChI=1S/C13H22N4/c1-2-9-5-7-13(14,8-6-9)12-15-11(16-17-12)10-3-4-10/h9-10H,2-8,14H2,1H3,(H,15,16,17). The number of aromatic nitrogens is 3. The van der Waals surface area contributed by atoms with Gasteiger partial charge in [0.15, 0.2) is 5.82 Å². The fourth-order valence-electron chi connectivity index (χ4n) is 2.86. The number of hydrogen-bond acceptors (Lipinski definition) is 3. The van der Waals surface area contributed by atoms with E-state index in [9.17, 15) is 0 Å². The van der Waals surface area contributed by atoms with E-state index >= 15 is 0 Å². The molecule has 0 spiro atoms. The van der Waals surface area contributed by atoms with Crippen LogP contribution in [-0.2, 0) is 5.54 Å². The second-order valence-electron chi connectivity index (χ2n) is 5.83. The lowest BCUT2D eigenvalue weighted by atomic mass is 9.76. The van der Waals surface area contributed by atoms with Crippen molar-refractivity contribution >= 4 is 0 Å². The third-order valence-electron chi connectivity index (χ3n) is 4.49. The van der Waals surface area contributed by atoms with Crippen molar-refractivity contribution in [3.63, 3.8) is 0 Å². The Bertz CT molecular complexity index is 386. The Labute approximate surface area is 102 Å². The van der Waals surface area contributed by atoms with E-state index in [0.29, 0.717) is 5.92 Å². The van der Waals surface area contributed by atoms with Crippen molar-refractivity contribution in [3.8, 4) is 0 Å². The summed E-state index contributed by atoms with van der Waals surface area (Å²) in [6.45, 7) is 2.27. The molecule has 0 aromatic carbocycles. The van der Waals surface area contributed by atoms with E-state index < -0.39 is 0 Å². The quantitative estimate of drug-likeness (QED) is 0.844. The molecule has 0 radical (unpaired) electrons. The van der Waals surface area contributed by atoms with Gasteiger partial charge in [-0.15, -0.1) is 0 Å². The molecule has 2 saturated carbocycles. The first-order chi connectivity index (χ1) is 8.21. The van der Waals surface area contributed by atoms with Crippen LogP contribution in [0.25, 0.3) is 0 Å². The van der Waals surface area contributed by atoms with Gasteiger partial charge in [-0.2, -0.15) is 5.10 Å². The van der Waals surface area contributed by atoms with Gasteiger partial charge in [0.1, 0.15) is 5.82 Å². The van der Waals surface area contributed by atoms with E-state index in [1.165, 1.54) is 32.1 Å². The lowest BCUT2D eigenvalue weighted by Gasteiger charge is -2.34. The molecule has 94 valence electrons. The maximum absolute atomic E-state index is 6.49. The summed E-state index contributed by atoms with van der Waals surface area (Å²) in [5, 5.41) is 7.44. The third kappa shape index (κ3) is 2.10. The van der Waals surface area contributed by atoms with Gasteiger partial charge in [-0.3, -0.25) is 5.10 Å². The average Bonchev–Trinajstić information content (AvgIpc) is 3.08. The zero-order chi connectivity index (χ0) is 11.9. The SMILES string of the molecule is CCC1CCC(N)(c2n[nH]c(C3CC3)n2)CC1. The van der Waals surface area contributed by atoms with Crippen molar-refractivity contribution < 1.29 is 0 Å². The number of nitrogens with two attached hydrogens (primary N) is 1. The molecular weight excluding hydrogens is 212 g/mol. The van der Waals surface area contributed by atoms with E-state index in [-0.39, 0.29) is 5.54 Å². The van der Waals surface area contributed by atoms with Crippen LogP contribution in [-0.4, -0.2) is 15.2 Å². The zero-order valence-corrected chi connectivity index (χ0v) is 10.6. The number of nitrogens with one attached hydrogen (secondary N) is 1. The van der Waals surface area contributed by atoms with Crippen LogP contribution < -0.4 is 5.73 Å². The Hall–Kier alpha value is -0.900. The van der Waals surface area contributed by atoms with Crippen molar-refractivity contribution in [2.75, 3.05) is 0 Å². The largest absolute Gasteiger partial charge is 0.319 e. The second-order valence-corrected chi connectivity index (χ2v) is 5.83. The molecule has 1 aromatic heterocycles. The Balaban J connectivity index is 1.73. The molecule has 2 aliphatic rings. The van der Waals surface area contributed by atoms with Gasteiger partial charge in [0.05, 0.1) is 5.54 Å². The predicted octanol–water partition coefficient (Wildman–Crippen LogP) is 2.44. The van der Waals surface area contributed by atoms with Crippen LogP contribution in [0, 0.1) is 5.92 Å². The van der Waals surface area contributed by atoms with E-state index in [1.807, 2.05) is 0 Å². The highest BCUT2D eigenvalue weighted by atomic mass is 15.2. The van der Waals surface area contributed by atoms with Gasteiger partial charge in [-0.1, -0.05) is 13.3 Å². The highest BCUT2D eigenvalue weighted by Gasteiger charge is 2.37. The number of nitrogens with zero attached hydrogens (tertiary/aromatic N) is 2. The maximum Gasteiger partial charge on any atom is 0.170 e. The van der Waals surface area contributed by atoms with Gasteiger partial charge >= 0.3 is 0 Å². The van der Waals surface area contributed by atoms with Crippen molar-refractivity contribution in [3.05, 3.63) is 11.6 Å². The monoisotopic (exact) mass is 234 g/mol. The summed E-state index contributed by atoms with van der Waals surface area (Å²) in [4.78, 5) is 4.63. The van der Waals surface area contributed by atoms with Gasteiger partial charge in [0.2, 0.25) is 0 Å². The number of H-pyrrole nitrogens is 1. The van der Waals surface area contributed by atoms with Gasteiger partial charge in [-0.25, -0.2) is 4.98 Å². The highest BCUT2D eigenvalue weighted by Crippen LogP contribution is 2.40. The molecule has 0 bridgehead atoms. The molecular formula is C13H22N4. The smallest absolute Gasteiger partial charge is 0.170 e. The lowest BCUT2D eigenvalue weighted by molar-refractivity contribution is 0.222. The molecule has 0 atom stereocenters. The number of aromatic amines is 1. The minimum atomic E-state index is -0.269. The fourth-order valence-corrected chi connectivity index (χ4v) is 2.86. The summed E-state index contributed by atoms with van der Waals surface area (Å²) in [5.74, 6) is 3.40. The fraction of sp³-hybridized carbons (Fsp3) is 0.846. The Morgan fingerprint density at radius 2 is 2.00 bits per heavy atom. The highest BCUT2D eigenvalue weighted by molar-refractivity contribution is 5.11. The topological polar surface area (TPSA) is 67.6 Å². The summed E-state index contributed by atoms with van der Waals surface area (Å²) in [5.41, 5.74) is 6.22. The van der Waals surface area contributed by atoms with E-state index in [0.717, 1.165) is 30.4 Å². The van der Waals surface area contributed by atoms with Gasteiger partial charge in [0.25, 0.3) is 0 Å². The summed E-state index contributed by atoms with van der Waals surface area (Å²) in [6.07, 6.45) is 8.30. The zero-order valence-electron chi connectivity index (χ0n) is 10.6. The molecule has 0 aliphatic heterocycles. The van der Waals surface area contributed by atoms with E-state index in [4.69, 9.17) is 5.73 Å². The van der Waals surface area contributed by atoms with Crippen LogP contribution in [0.1, 0.15) is 69.4 Å². The summed E-state index contributed by atoms with van der Waals surface area (Å²) in [7, 11) is 0. The van der Waals surface area contributed by atoms with Crippen LogP contribution in [0.2, 0.25) is 0 Å². The molecule has 2 fully saturated rings. The van der Waals surface area contributed by atoms with E-state index in [1.54, 1.807) is 0 Å². The normalized spacial score (nSPS) is 33.9. The molecule has 0 amide bonds. The van der Waals surface area contributed by atoms with Crippen molar-refractivity contribution in [1.29, 1.82) is 0 Å². The molecule has 17 heavy (non-hydrogen) atoms. The Kier molecular flexibility index (Phi) is 2.69. The molecule has 3 N–H and O–H groups in total. The van der Waals surface area contributed by atoms with E-state index in [2.05, 4.69) is 22.1 Å². The lowest BCUT2D eigenvalue weighted by Crippen LogP contribution is -2.41. The maximum atomic E-state index is 6.49. The molecule has 1 aromatic rings. The van der Waals surface area contributed by atoms with Crippen LogP contribution in [0.5, 0.6) is 0 Å². The van der Waals surface area contributed by atoms with Crippen LogP contribution in [0.15, 0.2) is 0 Å². The van der Waals surface area contributed by atoms with Crippen LogP contribution in [0.4, 0.5) is 0 Å². The Morgan fingerprint density at radius 3 is 2.59 bits per heavy atom. The minimum Gasteiger partial charge on any atom is -0.319 e. The summed E-state index contributed by atoms with van der Waals surface area (Å²) >= 11 is 0. The molecule has 4 nitrogen and oxygen atoms in total. The number of hydrogen-bond donors (Lipinski definition) is 2. The molecule has 4 heteroatoms. The van der Waals surface area contributed by atoms with Gasteiger partial charge in [0, 0.05) is 5.92 Å². The van der Waals surface area contributed by atoms with Gasteiger partial charge in [-0.05, 0) is 44.4 Å². The molecule has 2 aliphatic carbocycles. The van der Waals surface area contributed by atoms with Crippen molar-refractivity contribution in [2.24, 2.45) is 11.7 Å². The van der Waals surface area contributed by atoms with Crippen molar-refractivity contribution in [1.82, 2.24) is 15.2 Å². The summed E-state index contributed by atoms with van der Waals surface area (Å²) < 4.78 is 0. The van der Waals surface area contributed by atoms with Crippen molar-refractivity contribution in [2.45, 2.75) is 63.3 Å². The first kappa shape index (κ1) is 11.2. The molecule has 0 unspecified atom stereocenters. The predicted molar refractivity (Wildman–Crippen MR) is 66.5 cm³/mol. The molecule has 0 saturated heterocycles. The molecule has 3 rings (SSSR count). The average molecular weight is 234 g/mol. The number of rotatable bonds is 3. The second kappa shape index (κ2) is 4.09. The first-order valence-electron chi connectivity index (χ1n) is 6.93. The summed E-state index contributed by atoms with van der Waals surface area (Å²) in [6, 6.07) is 0. The Morgan fingerprint density at radius 1 is 1.29 bits per heavy atom. The van der Waals surface area contributed by atoms with Crippen LogP contribution >= 0.6 is 0 Å². The third-order valence-corrected chi connectivity index (χ3v) is 4.49. The first-order valence-corrected chi connectivity index (χ1v) is 6.93.